The molecule has 0 bridgehead atoms. The fourth-order valence-corrected chi connectivity index (χ4v) is 1.69. The molecule has 2 nitrogen and oxygen atoms in total. The number of hydrogen-bond acceptors (Lipinski definition) is 2. The predicted octanol–water partition coefficient (Wildman–Crippen LogP) is 3.04. The van der Waals surface area contributed by atoms with E-state index in [9.17, 15) is 0 Å². The van der Waals surface area contributed by atoms with E-state index in [0.29, 0.717) is 13.2 Å². The van der Waals surface area contributed by atoms with Crippen LogP contribution in [0.25, 0.3) is 6.08 Å². The molecule has 1 aliphatic rings. The molecular formula is C13H15NO. The van der Waals surface area contributed by atoms with Gasteiger partial charge in [0.2, 0.25) is 5.90 Å². The molecule has 15 heavy (non-hydrogen) atoms. The van der Waals surface area contributed by atoms with Crippen LogP contribution in [0.15, 0.2) is 34.8 Å². The summed E-state index contributed by atoms with van der Waals surface area (Å²) in [5, 5.41) is 0. The second kappa shape index (κ2) is 4.30. The van der Waals surface area contributed by atoms with Gasteiger partial charge in [0.15, 0.2) is 0 Å². The average Bonchev–Trinajstić information content (AvgIpc) is 2.40. The molecular weight excluding hydrogens is 186 g/mol. The monoisotopic (exact) mass is 201 g/mol. The lowest BCUT2D eigenvalue weighted by molar-refractivity contribution is 0.326. The van der Waals surface area contributed by atoms with Gasteiger partial charge in [-0.15, -0.1) is 0 Å². The van der Waals surface area contributed by atoms with Crippen LogP contribution < -0.4 is 0 Å². The number of aliphatic imine (C=N–C) groups is 1. The van der Waals surface area contributed by atoms with Gasteiger partial charge in [-0.25, -0.2) is 4.99 Å². The maximum Gasteiger partial charge on any atom is 0.211 e. The van der Waals surface area contributed by atoms with Gasteiger partial charge in [-0.1, -0.05) is 24.3 Å². The molecule has 2 rings (SSSR count). The summed E-state index contributed by atoms with van der Waals surface area (Å²) in [5.74, 6) is 0.772. The number of rotatable bonds is 1. The maximum absolute atomic E-state index is 5.49. The van der Waals surface area contributed by atoms with E-state index in [4.69, 9.17) is 4.74 Å². The van der Waals surface area contributed by atoms with Crippen molar-refractivity contribution in [2.75, 3.05) is 6.61 Å². The van der Waals surface area contributed by atoms with E-state index in [-0.39, 0.29) is 0 Å². The van der Waals surface area contributed by atoms with Gasteiger partial charge in [0, 0.05) is 5.57 Å². The van der Waals surface area contributed by atoms with Gasteiger partial charge in [-0.3, -0.25) is 0 Å². The molecule has 1 aromatic carbocycles. The van der Waals surface area contributed by atoms with Gasteiger partial charge >= 0.3 is 0 Å². The van der Waals surface area contributed by atoms with Crippen molar-refractivity contribution in [2.45, 2.75) is 20.4 Å². The van der Waals surface area contributed by atoms with Gasteiger partial charge in [0.25, 0.3) is 0 Å². The molecule has 0 atom stereocenters. The second-order valence-corrected chi connectivity index (χ2v) is 3.58. The Morgan fingerprint density at radius 2 is 2.13 bits per heavy atom. The Morgan fingerprint density at radius 3 is 2.93 bits per heavy atom. The van der Waals surface area contributed by atoms with E-state index in [1.807, 2.05) is 26.0 Å². The molecule has 1 aliphatic heterocycles. The van der Waals surface area contributed by atoms with E-state index in [1.54, 1.807) is 0 Å². The minimum absolute atomic E-state index is 0.667. The lowest BCUT2D eigenvalue weighted by atomic mass is 10.1. The first kappa shape index (κ1) is 9.97. The fraction of sp³-hybridized carbons (Fsp3) is 0.308. The number of nitrogens with zero attached hydrogens (tertiary/aromatic N) is 1. The molecule has 0 amide bonds. The van der Waals surface area contributed by atoms with Gasteiger partial charge in [0.1, 0.15) is 0 Å². The lowest BCUT2D eigenvalue weighted by Crippen LogP contribution is -2.05. The molecule has 1 aromatic rings. The Labute approximate surface area is 90.3 Å². The molecule has 0 radical (unpaired) electrons. The van der Waals surface area contributed by atoms with Crippen LogP contribution in [0.1, 0.15) is 25.0 Å². The zero-order valence-corrected chi connectivity index (χ0v) is 9.16. The van der Waals surface area contributed by atoms with Gasteiger partial charge in [0.05, 0.1) is 13.2 Å². The molecule has 2 heteroatoms. The number of benzene rings is 1. The van der Waals surface area contributed by atoms with Gasteiger partial charge < -0.3 is 4.74 Å². The molecule has 0 aromatic heterocycles. The van der Waals surface area contributed by atoms with Crippen LogP contribution >= 0.6 is 0 Å². The van der Waals surface area contributed by atoms with E-state index in [2.05, 4.69) is 23.2 Å². The van der Waals surface area contributed by atoms with Crippen molar-refractivity contribution in [1.82, 2.24) is 0 Å². The Morgan fingerprint density at radius 1 is 1.33 bits per heavy atom. The first-order chi connectivity index (χ1) is 7.31. The highest BCUT2D eigenvalue weighted by Crippen LogP contribution is 2.19. The Balaban J connectivity index is 2.37. The molecule has 0 saturated carbocycles. The molecule has 0 saturated heterocycles. The normalized spacial score (nSPS) is 14.8. The third-order valence-electron chi connectivity index (χ3n) is 2.44. The van der Waals surface area contributed by atoms with Crippen molar-refractivity contribution in [3.63, 3.8) is 0 Å². The van der Waals surface area contributed by atoms with Crippen LogP contribution in [-0.2, 0) is 11.3 Å². The summed E-state index contributed by atoms with van der Waals surface area (Å²) in [6, 6.07) is 8.32. The van der Waals surface area contributed by atoms with E-state index < -0.39 is 0 Å². The Bertz CT molecular complexity index is 418. The van der Waals surface area contributed by atoms with Gasteiger partial charge in [-0.2, -0.15) is 0 Å². The van der Waals surface area contributed by atoms with Crippen LogP contribution in [0.4, 0.5) is 0 Å². The van der Waals surface area contributed by atoms with E-state index >= 15 is 0 Å². The smallest absolute Gasteiger partial charge is 0.211 e. The van der Waals surface area contributed by atoms with Crippen LogP contribution in [0.2, 0.25) is 0 Å². The summed E-state index contributed by atoms with van der Waals surface area (Å²) >= 11 is 0. The summed E-state index contributed by atoms with van der Waals surface area (Å²) in [4.78, 5) is 4.46. The molecule has 1 heterocycles. The first-order valence-corrected chi connectivity index (χ1v) is 5.25. The van der Waals surface area contributed by atoms with Crippen LogP contribution in [0, 0.1) is 0 Å². The van der Waals surface area contributed by atoms with Crippen LogP contribution in [0.3, 0.4) is 0 Å². The zero-order valence-electron chi connectivity index (χ0n) is 9.16. The molecule has 0 unspecified atom stereocenters. The van der Waals surface area contributed by atoms with Crippen molar-refractivity contribution in [2.24, 2.45) is 4.99 Å². The second-order valence-electron chi connectivity index (χ2n) is 3.58. The standard InChI is InChI=1S/C13H15NO/c1-3-15-13-10(2)8-11-6-4-5-7-12(11)9-14-13/h4-8H,3,9H2,1-2H3. The minimum Gasteiger partial charge on any atom is -0.478 e. The van der Waals surface area contributed by atoms with Crippen molar-refractivity contribution in [3.8, 4) is 0 Å². The number of fused-ring (bicyclic) bond motifs is 1. The Hall–Kier alpha value is -1.57. The highest BCUT2D eigenvalue weighted by molar-refractivity contribution is 5.98. The first-order valence-electron chi connectivity index (χ1n) is 5.25. The molecule has 78 valence electrons. The SMILES string of the molecule is CCOC1=NCc2ccccc2C=C1C. The topological polar surface area (TPSA) is 21.6 Å². The van der Waals surface area contributed by atoms with E-state index in [0.717, 1.165) is 11.5 Å². The van der Waals surface area contributed by atoms with Crippen LogP contribution in [0.5, 0.6) is 0 Å². The summed E-state index contributed by atoms with van der Waals surface area (Å²) in [6.45, 7) is 5.39. The van der Waals surface area contributed by atoms with Crippen LogP contribution in [-0.4, -0.2) is 12.5 Å². The third kappa shape index (κ3) is 2.09. The largest absolute Gasteiger partial charge is 0.478 e. The number of hydrogen-bond donors (Lipinski definition) is 0. The predicted molar refractivity (Wildman–Crippen MR) is 62.9 cm³/mol. The molecule has 0 spiro atoms. The fourth-order valence-electron chi connectivity index (χ4n) is 1.69. The van der Waals surface area contributed by atoms with Crippen molar-refractivity contribution in [1.29, 1.82) is 0 Å². The lowest BCUT2D eigenvalue weighted by Gasteiger charge is -2.05. The van der Waals surface area contributed by atoms with Crippen molar-refractivity contribution in [3.05, 3.63) is 41.0 Å². The Kier molecular flexibility index (Phi) is 2.86. The summed E-state index contributed by atoms with van der Waals surface area (Å²) in [7, 11) is 0. The quantitative estimate of drug-likeness (QED) is 0.684. The summed E-state index contributed by atoms with van der Waals surface area (Å²) in [5.41, 5.74) is 3.60. The van der Waals surface area contributed by atoms with Crippen molar-refractivity contribution >= 4 is 12.0 Å². The maximum atomic E-state index is 5.49. The van der Waals surface area contributed by atoms with E-state index in [1.165, 1.54) is 11.1 Å². The van der Waals surface area contributed by atoms with Gasteiger partial charge in [-0.05, 0) is 31.1 Å². The highest BCUT2D eigenvalue weighted by atomic mass is 16.5. The minimum atomic E-state index is 0.667. The average molecular weight is 201 g/mol. The zero-order chi connectivity index (χ0) is 10.7. The highest BCUT2D eigenvalue weighted by Gasteiger charge is 2.09. The third-order valence-corrected chi connectivity index (χ3v) is 2.44. The molecule has 0 N–H and O–H groups in total. The summed E-state index contributed by atoms with van der Waals surface area (Å²) < 4.78 is 5.49. The van der Waals surface area contributed by atoms with Crippen molar-refractivity contribution < 1.29 is 4.74 Å². The number of ether oxygens (including phenoxy) is 1. The molecule has 0 fully saturated rings. The summed E-state index contributed by atoms with van der Waals surface area (Å²) in [6.07, 6.45) is 2.14. The molecule has 0 aliphatic carbocycles.